The van der Waals surface area contributed by atoms with Crippen LogP contribution < -0.4 is 0 Å². The zero-order chi connectivity index (χ0) is 33.4. The van der Waals surface area contributed by atoms with Gasteiger partial charge in [-0.25, -0.2) is 0 Å². The molecule has 0 bridgehead atoms. The van der Waals surface area contributed by atoms with Crippen molar-refractivity contribution in [3.05, 3.63) is 107 Å². The summed E-state index contributed by atoms with van der Waals surface area (Å²) in [6.45, 7) is 10.5. The van der Waals surface area contributed by atoms with Crippen LogP contribution in [0.25, 0.3) is 43.6 Å². The van der Waals surface area contributed by atoms with Crippen LogP contribution in [0.5, 0.6) is 11.5 Å². The largest absolute Gasteiger partial charge is 0.507 e. The number of hydrogen-bond donors (Lipinski definition) is 2. The first-order chi connectivity index (χ1) is 23.4. The van der Waals surface area contributed by atoms with Crippen molar-refractivity contribution in [1.82, 2.24) is 9.13 Å². The van der Waals surface area contributed by atoms with E-state index in [2.05, 4.69) is 73.2 Å². The molecule has 0 spiro atoms. The monoisotopic (exact) mass is 634 g/mol. The lowest BCUT2D eigenvalue weighted by Gasteiger charge is -2.08. The zero-order valence-corrected chi connectivity index (χ0v) is 28.2. The molecule has 242 valence electrons. The molecule has 0 unspecified atom stereocenters. The minimum absolute atomic E-state index is 0.192. The first-order valence-electron chi connectivity index (χ1n) is 17.1. The van der Waals surface area contributed by atoms with E-state index >= 15 is 0 Å². The van der Waals surface area contributed by atoms with Crippen LogP contribution in [-0.4, -0.2) is 31.8 Å². The Morgan fingerprint density at radius 1 is 0.562 bits per heavy atom. The maximum absolute atomic E-state index is 11.1. The third kappa shape index (κ3) is 5.51. The highest BCUT2D eigenvalue weighted by Crippen LogP contribution is 2.38. The van der Waals surface area contributed by atoms with Gasteiger partial charge in [0.05, 0.1) is 22.4 Å². The first kappa shape index (κ1) is 31.3. The molecule has 0 aliphatic heterocycles. The summed E-state index contributed by atoms with van der Waals surface area (Å²) in [5, 5.41) is 26.8. The zero-order valence-electron chi connectivity index (χ0n) is 28.2. The molecule has 0 saturated heterocycles. The number of benzene rings is 5. The molecular formula is C42H42N4O2. The molecular weight excluding hydrogens is 592 g/mol. The minimum atomic E-state index is 0.192. The maximum Gasteiger partial charge on any atom is 0.125 e. The van der Waals surface area contributed by atoms with E-state index in [0.717, 1.165) is 60.6 Å². The molecule has 0 aliphatic rings. The number of aryl methyl sites for hydroxylation is 4. The van der Waals surface area contributed by atoms with Crippen LogP contribution in [-0.2, 0) is 13.1 Å². The first-order valence-corrected chi connectivity index (χ1v) is 17.1. The normalized spacial score (nSPS) is 12.2. The predicted molar refractivity (Wildman–Crippen MR) is 202 cm³/mol. The van der Waals surface area contributed by atoms with E-state index < -0.39 is 0 Å². The number of aliphatic imine (C=N–C) groups is 2. The molecule has 2 N–H and O–H groups in total. The summed E-state index contributed by atoms with van der Waals surface area (Å²) in [6.07, 6.45) is 7.79. The third-order valence-electron chi connectivity index (χ3n) is 9.53. The highest BCUT2D eigenvalue weighted by atomic mass is 16.3. The van der Waals surface area contributed by atoms with E-state index in [9.17, 15) is 10.2 Å². The molecule has 0 fully saturated rings. The van der Waals surface area contributed by atoms with E-state index in [4.69, 9.17) is 9.98 Å². The van der Waals surface area contributed by atoms with Gasteiger partial charge in [0.25, 0.3) is 0 Å². The third-order valence-corrected chi connectivity index (χ3v) is 9.53. The minimum Gasteiger partial charge on any atom is -0.507 e. The van der Waals surface area contributed by atoms with E-state index in [1.165, 1.54) is 32.9 Å². The van der Waals surface area contributed by atoms with Gasteiger partial charge in [-0.2, -0.15) is 0 Å². The number of phenolic OH excluding ortho intramolecular Hbond substituents is 2. The van der Waals surface area contributed by atoms with Crippen molar-refractivity contribution in [2.75, 3.05) is 0 Å². The fourth-order valence-corrected chi connectivity index (χ4v) is 7.03. The summed E-state index contributed by atoms with van der Waals surface area (Å²) in [5.41, 5.74) is 9.60. The van der Waals surface area contributed by atoms with Crippen LogP contribution in [0.3, 0.4) is 0 Å². The van der Waals surface area contributed by atoms with Gasteiger partial charge in [0, 0.05) is 69.2 Å². The topological polar surface area (TPSA) is 75.0 Å². The Balaban J connectivity index is 1.26. The van der Waals surface area contributed by atoms with E-state index in [1.54, 1.807) is 12.4 Å². The van der Waals surface area contributed by atoms with Crippen molar-refractivity contribution >= 4 is 67.4 Å². The number of aromatic hydroxyl groups is 2. The molecule has 0 atom stereocenters. The van der Waals surface area contributed by atoms with Crippen LogP contribution in [0.15, 0.2) is 94.9 Å². The van der Waals surface area contributed by atoms with Crippen LogP contribution in [0, 0.1) is 13.8 Å². The number of hydrogen-bond acceptors (Lipinski definition) is 4. The van der Waals surface area contributed by atoms with Crippen molar-refractivity contribution in [3.8, 4) is 11.5 Å². The Hall–Kier alpha value is -5.36. The van der Waals surface area contributed by atoms with Gasteiger partial charge in [0.1, 0.15) is 11.5 Å². The van der Waals surface area contributed by atoms with Crippen LogP contribution >= 0.6 is 0 Å². The van der Waals surface area contributed by atoms with Gasteiger partial charge >= 0.3 is 0 Å². The van der Waals surface area contributed by atoms with Crippen molar-refractivity contribution in [2.24, 2.45) is 9.98 Å². The molecule has 2 heterocycles. The van der Waals surface area contributed by atoms with Gasteiger partial charge in [-0.3, -0.25) is 9.98 Å². The summed E-state index contributed by atoms with van der Waals surface area (Å²) in [5.74, 6) is 0.383. The van der Waals surface area contributed by atoms with Gasteiger partial charge in [0.15, 0.2) is 0 Å². The number of aromatic nitrogens is 2. The molecule has 7 rings (SSSR count). The Morgan fingerprint density at radius 3 is 1.42 bits per heavy atom. The van der Waals surface area contributed by atoms with E-state index in [0.29, 0.717) is 22.5 Å². The van der Waals surface area contributed by atoms with Crippen molar-refractivity contribution in [3.63, 3.8) is 0 Å². The number of para-hydroxylation sites is 2. The number of phenols is 2. The van der Waals surface area contributed by atoms with Crippen LogP contribution in [0.2, 0.25) is 0 Å². The van der Waals surface area contributed by atoms with Crippen molar-refractivity contribution in [2.45, 2.75) is 66.5 Å². The molecule has 6 heteroatoms. The quantitative estimate of drug-likeness (QED) is 0.147. The summed E-state index contributed by atoms with van der Waals surface area (Å²) in [7, 11) is 0. The second kappa shape index (κ2) is 13.0. The number of rotatable bonds is 10. The predicted octanol–water partition coefficient (Wildman–Crippen LogP) is 11.0. The van der Waals surface area contributed by atoms with Gasteiger partial charge in [-0.05, 0) is 86.3 Å². The highest BCUT2D eigenvalue weighted by Gasteiger charge is 2.16. The van der Waals surface area contributed by atoms with Crippen LogP contribution in [0.1, 0.15) is 61.8 Å². The Bertz CT molecular complexity index is 2210. The lowest BCUT2D eigenvalue weighted by atomic mass is 10.1. The SMILES string of the molecule is CCCCn1c2cc(C=Nc3ccccc3N=Cc3cc4c(cc3O)c3c(C)cccc3n4CCCC)c(O)cc2c2c(C)cccc21. The lowest BCUT2D eigenvalue weighted by molar-refractivity contribution is 0.474. The summed E-state index contributed by atoms with van der Waals surface area (Å²) >= 11 is 0. The van der Waals surface area contributed by atoms with Crippen molar-refractivity contribution < 1.29 is 10.2 Å². The molecule has 2 aromatic heterocycles. The van der Waals surface area contributed by atoms with Gasteiger partial charge in [-0.1, -0.05) is 63.1 Å². The van der Waals surface area contributed by atoms with Gasteiger partial charge < -0.3 is 19.3 Å². The average Bonchev–Trinajstić information content (AvgIpc) is 3.56. The maximum atomic E-state index is 11.1. The molecule has 48 heavy (non-hydrogen) atoms. The Kier molecular flexibility index (Phi) is 8.49. The van der Waals surface area contributed by atoms with Crippen molar-refractivity contribution in [1.29, 1.82) is 0 Å². The molecule has 6 nitrogen and oxygen atoms in total. The second-order valence-electron chi connectivity index (χ2n) is 12.8. The average molecular weight is 635 g/mol. The molecule has 0 amide bonds. The fourth-order valence-electron chi connectivity index (χ4n) is 7.03. The number of unbranched alkanes of at least 4 members (excludes halogenated alkanes) is 2. The Labute approximate surface area is 281 Å². The summed E-state index contributed by atoms with van der Waals surface area (Å²) < 4.78 is 4.73. The molecule has 0 aliphatic carbocycles. The van der Waals surface area contributed by atoms with E-state index in [1.807, 2.05) is 48.5 Å². The summed E-state index contributed by atoms with van der Waals surface area (Å²) in [4.78, 5) is 9.61. The van der Waals surface area contributed by atoms with Crippen LogP contribution in [0.4, 0.5) is 11.4 Å². The molecule has 0 saturated carbocycles. The van der Waals surface area contributed by atoms with E-state index in [-0.39, 0.29) is 11.5 Å². The molecule has 5 aromatic carbocycles. The smallest absolute Gasteiger partial charge is 0.125 e. The highest BCUT2D eigenvalue weighted by molar-refractivity contribution is 6.13. The second-order valence-corrected chi connectivity index (χ2v) is 12.8. The summed E-state index contributed by atoms with van der Waals surface area (Å²) in [6, 6.07) is 28.3. The van der Waals surface area contributed by atoms with Gasteiger partial charge in [0.2, 0.25) is 0 Å². The molecule has 0 radical (unpaired) electrons. The standard InChI is InChI=1S/C42H42N4O2/c1-5-7-19-45-35-17-11-13-27(3)41(35)31-23-39(47)29(21-37(31)45)25-43-33-15-9-10-16-34(33)44-26-30-22-38-32(24-40(30)48)42-28(4)14-12-18-36(42)46(38)20-8-6-2/h9-18,21-26,47-48H,5-8,19-20H2,1-4H3. The Morgan fingerprint density at radius 2 is 1.00 bits per heavy atom. The molecule has 7 aromatic rings. The number of fused-ring (bicyclic) bond motifs is 6. The number of nitrogens with zero attached hydrogens (tertiary/aromatic N) is 4. The van der Waals surface area contributed by atoms with Gasteiger partial charge in [-0.15, -0.1) is 0 Å². The lowest BCUT2D eigenvalue weighted by Crippen LogP contribution is -1.97. The fraction of sp³-hybridized carbons (Fsp3) is 0.238.